The first-order valence-corrected chi connectivity index (χ1v) is 48.4. The fourth-order valence-corrected chi connectivity index (χ4v) is 20.3. The molecule has 13 heteroatoms. The maximum Gasteiger partial charge on any atom is 3.00 e. The van der Waals surface area contributed by atoms with Gasteiger partial charge in [0.1, 0.15) is 0 Å². The second kappa shape index (κ2) is 39.2. The van der Waals surface area contributed by atoms with Gasteiger partial charge in [-0.25, -0.2) is 29.9 Å². The van der Waals surface area contributed by atoms with Crippen molar-refractivity contribution in [1.29, 1.82) is 0 Å². The van der Waals surface area contributed by atoms with Gasteiger partial charge in [0.05, 0.1) is 0 Å². The number of aromatic nitrogens is 9. The molecule has 5 heterocycles. The van der Waals surface area contributed by atoms with E-state index in [9.17, 15) is 0 Å². The summed E-state index contributed by atoms with van der Waals surface area (Å²) < 4.78 is 2.88. The molecular weight excluding hydrogens is 2040 g/mol. The first kappa shape index (κ1) is 91.7. The van der Waals surface area contributed by atoms with E-state index in [1.54, 1.807) is 0 Å². The van der Waals surface area contributed by atoms with E-state index in [-0.39, 0.29) is 54.1 Å². The zero-order chi connectivity index (χ0) is 92.6. The quantitative estimate of drug-likeness (QED) is 0.0730. The SMILES string of the molecule is CC(C)(C)c1ccnc(-c2[c-]cc(-c3ccccc3C3CC(c4ccc(C(C)(C)C)cc4-c4c[c-]c(-c5ccc(-c6nc(-c7cccc(-c8ccccc8)c7)nc(-c7cccc(-c8ccccc8)c7)n6)cn5)cc4Br)CC(c4ccc(C(C)(C)C)cc4-c4c[c-]c(-c5ccc(-c6nc(-c7cccc(-c8ccccc8)c7)nc(-c7cccc(-c8ccccc8)c7)n6)cn5)cc4Br)C3)c(Br)c2)c1.[Ir+3]. The third-order valence-corrected chi connectivity index (χ3v) is 28.0. The van der Waals surface area contributed by atoms with E-state index < -0.39 is 0 Å². The minimum atomic E-state index is -0.169. The van der Waals surface area contributed by atoms with Gasteiger partial charge < -0.3 is 15.0 Å². The van der Waals surface area contributed by atoms with Crippen LogP contribution >= 0.6 is 47.8 Å². The molecular formula is C123H97Br3IrN9. The van der Waals surface area contributed by atoms with E-state index in [1.165, 1.54) is 50.1 Å². The topological polar surface area (TPSA) is 116 Å². The summed E-state index contributed by atoms with van der Waals surface area (Å²) in [6.45, 7) is 20.6. The summed E-state index contributed by atoms with van der Waals surface area (Å²) in [5.41, 5.74) is 32.8. The Hall–Kier alpha value is -13.4. The zero-order valence-corrected chi connectivity index (χ0v) is 84.2. The minimum Gasteiger partial charge on any atom is -0.305 e. The second-order valence-corrected chi connectivity index (χ2v) is 40.8. The molecule has 1 aliphatic carbocycles. The van der Waals surface area contributed by atoms with Crippen LogP contribution in [0.4, 0.5) is 0 Å². The Balaban J connectivity index is 0.0000119. The van der Waals surface area contributed by atoms with Gasteiger partial charge in [0, 0.05) is 52.0 Å². The average molecular weight is 2130 g/mol. The van der Waals surface area contributed by atoms with E-state index in [0.717, 1.165) is 161 Å². The molecule has 1 aliphatic rings. The smallest absolute Gasteiger partial charge is 0.305 e. The molecule has 0 aliphatic heterocycles. The summed E-state index contributed by atoms with van der Waals surface area (Å²) in [5, 5.41) is 0. The van der Waals surface area contributed by atoms with Gasteiger partial charge in [0.25, 0.3) is 0 Å². The summed E-state index contributed by atoms with van der Waals surface area (Å²) in [7, 11) is 0. The molecule has 0 saturated heterocycles. The summed E-state index contributed by atoms with van der Waals surface area (Å²) in [6, 6.07) is 136. The molecule has 0 N–H and O–H groups in total. The van der Waals surface area contributed by atoms with Crippen LogP contribution in [-0.2, 0) is 36.4 Å². The van der Waals surface area contributed by atoms with Crippen molar-refractivity contribution in [2.75, 3.05) is 0 Å². The van der Waals surface area contributed by atoms with Crippen molar-refractivity contribution >= 4 is 47.8 Å². The molecule has 5 aromatic heterocycles. The molecule has 0 spiro atoms. The van der Waals surface area contributed by atoms with Crippen LogP contribution in [0, 0.1) is 18.2 Å². The van der Waals surface area contributed by atoms with Crippen LogP contribution < -0.4 is 0 Å². The summed E-state index contributed by atoms with van der Waals surface area (Å²) in [6.07, 6.45) is 8.35. The Kier molecular flexibility index (Phi) is 26.4. The van der Waals surface area contributed by atoms with Crippen LogP contribution in [0.15, 0.2) is 384 Å². The zero-order valence-electron chi connectivity index (χ0n) is 77.1. The Bertz CT molecular complexity index is 7050. The largest absolute Gasteiger partial charge is 3.00 e. The Morgan fingerprint density at radius 2 is 0.522 bits per heavy atom. The third-order valence-electron chi connectivity index (χ3n) is 26.1. The predicted octanol–water partition coefficient (Wildman–Crippen LogP) is 33.3. The Morgan fingerprint density at radius 1 is 0.235 bits per heavy atom. The predicted molar refractivity (Wildman–Crippen MR) is 564 cm³/mol. The van der Waals surface area contributed by atoms with Gasteiger partial charge in [-0.2, -0.15) is 0 Å². The number of hydrogen-bond acceptors (Lipinski definition) is 9. The van der Waals surface area contributed by atoms with Crippen molar-refractivity contribution in [3.63, 3.8) is 0 Å². The van der Waals surface area contributed by atoms with Gasteiger partial charge in [-0.05, 0) is 179 Å². The summed E-state index contributed by atoms with van der Waals surface area (Å²) in [4.78, 5) is 46.6. The van der Waals surface area contributed by atoms with Gasteiger partial charge in [-0.3, -0.25) is 0 Å². The van der Waals surface area contributed by atoms with Crippen LogP contribution in [0.3, 0.4) is 0 Å². The van der Waals surface area contributed by atoms with Gasteiger partial charge in [-0.15, -0.1) is 71.3 Å². The van der Waals surface area contributed by atoms with E-state index in [4.69, 9.17) is 44.9 Å². The van der Waals surface area contributed by atoms with Crippen LogP contribution in [0.2, 0.25) is 0 Å². The second-order valence-electron chi connectivity index (χ2n) is 38.3. The number of hydrogen-bond donors (Lipinski definition) is 0. The monoisotopic (exact) mass is 2130 g/mol. The van der Waals surface area contributed by atoms with Crippen LogP contribution in [0.1, 0.15) is 133 Å². The minimum absolute atomic E-state index is 0. The summed E-state index contributed by atoms with van der Waals surface area (Å²) in [5.74, 6) is 3.57. The van der Waals surface area contributed by atoms with Gasteiger partial charge in [0.15, 0.2) is 34.9 Å². The molecule has 19 aromatic rings. The molecule has 0 radical (unpaired) electrons. The molecule has 14 aromatic carbocycles. The molecule has 0 bridgehead atoms. The Labute approximate surface area is 836 Å². The first-order chi connectivity index (χ1) is 65.5. The molecule has 20 rings (SSSR count). The maximum atomic E-state index is 5.22. The Morgan fingerprint density at radius 3 is 0.846 bits per heavy atom. The molecule has 136 heavy (non-hydrogen) atoms. The standard InChI is InChI=1S/C123H97Br3N9.Ir/c1-121(2,3)97-51-56-101(107(72-97)105-54-46-85(69-110(105)125)112-58-49-92(75-128-112)119-132-115(88-40-24-36-81(62-88)77-28-14-10-15-29-77)130-116(133-119)89-41-25-37-82(63-89)78-30-16-11-17-31-78)95-66-94(100-44-22-23-45-103(100)104-53-48-87(71-109(104)124)114-74-99(60-61-127-114)123(7,8)9)67-96(68-95)102-57-52-98(122(4,5)6)73-108(102)106-55-47-86(70-111(106)126)113-59-50-93(76-129-113)120-134-117(90-42-26-38-83(64-90)79-32-18-12-19-33-79)131-118(135-120)91-43-27-39-84(65-91)80-34-20-13-21-35-80;/h10-45,49-65,69-76,94-96H,66-68H2,1-9H3;/q-3;+3. The van der Waals surface area contributed by atoms with Crippen molar-refractivity contribution in [2.24, 2.45) is 0 Å². The van der Waals surface area contributed by atoms with Crippen LogP contribution in [0.5, 0.6) is 0 Å². The number of benzene rings is 14. The number of halogens is 3. The van der Waals surface area contributed by atoms with Crippen LogP contribution in [0.25, 0.3) is 180 Å². The first-order valence-electron chi connectivity index (χ1n) is 46.1. The van der Waals surface area contributed by atoms with E-state index >= 15 is 0 Å². The molecule has 2 unspecified atom stereocenters. The van der Waals surface area contributed by atoms with Crippen molar-refractivity contribution < 1.29 is 20.1 Å². The fraction of sp³-hybridized carbons (Fsp3) is 0.146. The maximum absolute atomic E-state index is 5.22. The number of nitrogens with zero attached hydrogens (tertiary/aromatic N) is 9. The van der Waals surface area contributed by atoms with Crippen molar-refractivity contribution in [1.82, 2.24) is 44.9 Å². The average Bonchev–Trinajstić information content (AvgIpc) is 0.752. The van der Waals surface area contributed by atoms with E-state index in [2.05, 4.69) is 456 Å². The molecule has 1 saturated carbocycles. The molecule has 1 fully saturated rings. The molecule has 0 amide bonds. The third kappa shape index (κ3) is 19.9. The van der Waals surface area contributed by atoms with Crippen LogP contribution in [-0.4, -0.2) is 44.9 Å². The van der Waals surface area contributed by atoms with E-state index in [1.807, 2.05) is 42.9 Å². The van der Waals surface area contributed by atoms with Gasteiger partial charge in [-0.1, -0.05) is 442 Å². The van der Waals surface area contributed by atoms with Crippen molar-refractivity contribution in [3.8, 4) is 180 Å². The molecule has 664 valence electrons. The van der Waals surface area contributed by atoms with E-state index in [0.29, 0.717) is 34.9 Å². The molecule has 9 nitrogen and oxygen atoms in total. The van der Waals surface area contributed by atoms with Crippen molar-refractivity contribution in [2.45, 2.75) is 116 Å². The van der Waals surface area contributed by atoms with Gasteiger partial charge in [0.2, 0.25) is 0 Å². The van der Waals surface area contributed by atoms with Crippen molar-refractivity contribution in [3.05, 3.63) is 435 Å². The molecule has 2 atom stereocenters. The fourth-order valence-electron chi connectivity index (χ4n) is 18.7. The normalized spacial score (nSPS) is 14.0. The summed E-state index contributed by atoms with van der Waals surface area (Å²) >= 11 is 12.7. The van der Waals surface area contributed by atoms with Gasteiger partial charge >= 0.3 is 20.1 Å². The number of rotatable bonds is 19. The number of pyridine rings is 3.